The zero-order chi connectivity index (χ0) is 19.4. The van der Waals surface area contributed by atoms with Crippen LogP contribution in [0.4, 0.5) is 11.4 Å². The van der Waals surface area contributed by atoms with E-state index in [0.717, 1.165) is 16.8 Å². The molecule has 8 nitrogen and oxygen atoms in total. The SMILES string of the molecule is COc1cc(Cl)c(C)cc1NC(=O)CNc1cccc(-c2nnnn2C)c1. The van der Waals surface area contributed by atoms with Crippen LogP contribution in [0.3, 0.4) is 0 Å². The molecular weight excluding hydrogens is 368 g/mol. The van der Waals surface area contributed by atoms with Crippen LogP contribution in [0.1, 0.15) is 5.56 Å². The molecule has 1 heterocycles. The Labute approximate surface area is 161 Å². The zero-order valence-corrected chi connectivity index (χ0v) is 15.9. The Kier molecular flexibility index (Phi) is 5.56. The molecule has 0 fully saturated rings. The summed E-state index contributed by atoms with van der Waals surface area (Å²) in [6.07, 6.45) is 0. The van der Waals surface area contributed by atoms with Gasteiger partial charge in [0.15, 0.2) is 5.82 Å². The lowest BCUT2D eigenvalue weighted by atomic mass is 10.2. The van der Waals surface area contributed by atoms with Crippen molar-refractivity contribution in [2.24, 2.45) is 7.05 Å². The third-order valence-electron chi connectivity index (χ3n) is 3.95. The molecule has 0 unspecified atom stereocenters. The number of carbonyl (C=O) groups is 1. The van der Waals surface area contributed by atoms with Crippen LogP contribution in [0.2, 0.25) is 5.02 Å². The lowest BCUT2D eigenvalue weighted by Crippen LogP contribution is -2.22. The van der Waals surface area contributed by atoms with Gasteiger partial charge in [0.2, 0.25) is 5.91 Å². The van der Waals surface area contributed by atoms with Gasteiger partial charge in [0, 0.05) is 29.4 Å². The first-order chi connectivity index (χ1) is 13.0. The van der Waals surface area contributed by atoms with Gasteiger partial charge >= 0.3 is 0 Å². The number of methoxy groups -OCH3 is 1. The molecule has 0 saturated carbocycles. The highest BCUT2D eigenvalue weighted by Gasteiger charge is 2.11. The molecule has 0 aliphatic heterocycles. The van der Waals surface area contributed by atoms with Gasteiger partial charge in [-0.25, -0.2) is 4.68 Å². The van der Waals surface area contributed by atoms with Crippen molar-refractivity contribution in [3.63, 3.8) is 0 Å². The summed E-state index contributed by atoms with van der Waals surface area (Å²) in [5, 5.41) is 17.9. The van der Waals surface area contributed by atoms with Crippen LogP contribution < -0.4 is 15.4 Å². The number of aryl methyl sites for hydroxylation is 2. The monoisotopic (exact) mass is 386 g/mol. The Morgan fingerprint density at radius 3 is 2.81 bits per heavy atom. The summed E-state index contributed by atoms with van der Waals surface area (Å²) in [6.45, 7) is 1.95. The fraction of sp³-hybridized carbons (Fsp3) is 0.222. The number of nitrogens with one attached hydrogen (secondary N) is 2. The minimum absolute atomic E-state index is 0.0886. The number of amides is 1. The molecule has 0 aliphatic rings. The zero-order valence-electron chi connectivity index (χ0n) is 15.2. The van der Waals surface area contributed by atoms with E-state index in [1.165, 1.54) is 7.11 Å². The van der Waals surface area contributed by atoms with Crippen molar-refractivity contribution in [1.82, 2.24) is 20.2 Å². The van der Waals surface area contributed by atoms with Gasteiger partial charge in [0.05, 0.1) is 19.3 Å². The summed E-state index contributed by atoms with van der Waals surface area (Å²) in [4.78, 5) is 12.3. The summed E-state index contributed by atoms with van der Waals surface area (Å²) in [5.74, 6) is 0.945. The fourth-order valence-electron chi connectivity index (χ4n) is 2.55. The van der Waals surface area contributed by atoms with E-state index < -0.39 is 0 Å². The smallest absolute Gasteiger partial charge is 0.243 e. The van der Waals surface area contributed by atoms with Gasteiger partial charge < -0.3 is 15.4 Å². The minimum Gasteiger partial charge on any atom is -0.495 e. The highest BCUT2D eigenvalue weighted by atomic mass is 35.5. The number of anilines is 2. The summed E-state index contributed by atoms with van der Waals surface area (Å²) in [7, 11) is 3.30. The lowest BCUT2D eigenvalue weighted by molar-refractivity contribution is -0.114. The number of nitrogens with zero attached hydrogens (tertiary/aromatic N) is 4. The molecule has 2 N–H and O–H groups in total. The van der Waals surface area contributed by atoms with Crippen molar-refractivity contribution in [3.8, 4) is 17.1 Å². The predicted octanol–water partition coefficient (Wildman–Crippen LogP) is 2.90. The maximum Gasteiger partial charge on any atom is 0.243 e. The number of halogens is 1. The molecule has 9 heteroatoms. The molecule has 0 spiro atoms. The summed E-state index contributed by atoms with van der Waals surface area (Å²) in [5.41, 5.74) is 3.06. The molecule has 0 bridgehead atoms. The van der Waals surface area contributed by atoms with Gasteiger partial charge in [0.25, 0.3) is 0 Å². The van der Waals surface area contributed by atoms with Gasteiger partial charge in [-0.2, -0.15) is 0 Å². The highest BCUT2D eigenvalue weighted by molar-refractivity contribution is 6.31. The van der Waals surface area contributed by atoms with Gasteiger partial charge in [-0.1, -0.05) is 23.7 Å². The van der Waals surface area contributed by atoms with Gasteiger partial charge in [-0.3, -0.25) is 4.79 Å². The van der Waals surface area contributed by atoms with Gasteiger partial charge in [-0.05, 0) is 41.1 Å². The summed E-state index contributed by atoms with van der Waals surface area (Å²) in [6, 6.07) is 11.0. The van der Waals surface area contributed by atoms with E-state index >= 15 is 0 Å². The van der Waals surface area contributed by atoms with Crippen molar-refractivity contribution in [2.75, 3.05) is 24.3 Å². The van der Waals surface area contributed by atoms with Gasteiger partial charge in [-0.15, -0.1) is 5.10 Å². The van der Waals surface area contributed by atoms with Crippen LogP contribution in [0.25, 0.3) is 11.4 Å². The Bertz CT molecular complexity index is 972. The number of benzene rings is 2. The summed E-state index contributed by atoms with van der Waals surface area (Å²) < 4.78 is 6.86. The second-order valence-electron chi connectivity index (χ2n) is 5.91. The topological polar surface area (TPSA) is 94.0 Å². The third-order valence-corrected chi connectivity index (χ3v) is 4.36. The fourth-order valence-corrected chi connectivity index (χ4v) is 2.70. The largest absolute Gasteiger partial charge is 0.495 e. The second-order valence-corrected chi connectivity index (χ2v) is 6.32. The molecule has 0 aliphatic carbocycles. The first-order valence-electron chi connectivity index (χ1n) is 8.18. The van der Waals surface area contributed by atoms with E-state index in [0.29, 0.717) is 22.3 Å². The molecule has 0 radical (unpaired) electrons. The van der Waals surface area contributed by atoms with Crippen molar-refractivity contribution >= 4 is 28.9 Å². The van der Waals surface area contributed by atoms with Gasteiger partial charge in [0.1, 0.15) is 5.75 Å². The first kappa shape index (κ1) is 18.7. The predicted molar refractivity (Wildman–Crippen MR) is 104 cm³/mol. The molecule has 27 heavy (non-hydrogen) atoms. The normalized spacial score (nSPS) is 10.5. The summed E-state index contributed by atoms with van der Waals surface area (Å²) >= 11 is 6.09. The van der Waals surface area contributed by atoms with Crippen LogP contribution >= 0.6 is 11.6 Å². The van der Waals surface area contributed by atoms with E-state index in [-0.39, 0.29) is 12.5 Å². The van der Waals surface area contributed by atoms with Crippen molar-refractivity contribution in [3.05, 3.63) is 47.0 Å². The van der Waals surface area contributed by atoms with E-state index in [2.05, 4.69) is 26.2 Å². The molecule has 0 saturated heterocycles. The molecule has 3 aromatic rings. The number of aromatic nitrogens is 4. The van der Waals surface area contributed by atoms with Crippen LogP contribution in [-0.2, 0) is 11.8 Å². The van der Waals surface area contributed by atoms with E-state index in [1.54, 1.807) is 23.9 Å². The Morgan fingerprint density at radius 1 is 1.30 bits per heavy atom. The Balaban J connectivity index is 1.67. The lowest BCUT2D eigenvalue weighted by Gasteiger charge is -2.13. The highest BCUT2D eigenvalue weighted by Crippen LogP contribution is 2.30. The average molecular weight is 387 g/mol. The van der Waals surface area contributed by atoms with E-state index in [9.17, 15) is 4.79 Å². The number of ether oxygens (including phenoxy) is 1. The van der Waals surface area contributed by atoms with Crippen molar-refractivity contribution in [2.45, 2.75) is 6.92 Å². The Hall–Kier alpha value is -3.13. The first-order valence-corrected chi connectivity index (χ1v) is 8.56. The van der Waals surface area contributed by atoms with Crippen LogP contribution in [0.15, 0.2) is 36.4 Å². The van der Waals surface area contributed by atoms with Crippen molar-refractivity contribution < 1.29 is 9.53 Å². The van der Waals surface area contributed by atoms with E-state index in [1.807, 2.05) is 31.2 Å². The standard InChI is InChI=1S/C18H19ClN6O2/c1-11-7-15(16(27-3)9-14(11)19)21-17(26)10-20-13-6-4-5-12(8-13)18-22-23-24-25(18)2/h4-9,20H,10H2,1-3H3,(H,21,26). The molecule has 0 atom stereocenters. The van der Waals surface area contributed by atoms with Crippen molar-refractivity contribution in [1.29, 1.82) is 0 Å². The maximum atomic E-state index is 12.3. The number of rotatable bonds is 6. The molecule has 3 rings (SSSR count). The van der Waals surface area contributed by atoms with Crippen LogP contribution in [-0.4, -0.2) is 39.8 Å². The molecule has 1 amide bonds. The van der Waals surface area contributed by atoms with E-state index in [4.69, 9.17) is 16.3 Å². The molecule has 1 aromatic heterocycles. The quantitative estimate of drug-likeness (QED) is 0.676. The number of hydrogen-bond acceptors (Lipinski definition) is 6. The number of carbonyl (C=O) groups excluding carboxylic acids is 1. The maximum absolute atomic E-state index is 12.3. The minimum atomic E-state index is -0.208. The third kappa shape index (κ3) is 4.35. The number of hydrogen-bond donors (Lipinski definition) is 2. The van der Waals surface area contributed by atoms with Crippen LogP contribution in [0.5, 0.6) is 5.75 Å². The molecule has 140 valence electrons. The average Bonchev–Trinajstić information content (AvgIpc) is 3.09. The Morgan fingerprint density at radius 2 is 2.11 bits per heavy atom. The molecular formula is C18H19ClN6O2. The second kappa shape index (κ2) is 8.05. The molecule has 2 aromatic carbocycles. The van der Waals surface area contributed by atoms with Crippen LogP contribution in [0, 0.1) is 6.92 Å². The number of tetrazole rings is 1.